The van der Waals surface area contributed by atoms with Crippen LogP contribution < -0.4 is 4.90 Å². The third-order valence-corrected chi connectivity index (χ3v) is 10.2. The monoisotopic (exact) mass is 668 g/mol. The number of piperazine rings is 1. The molecular weight excluding hydrogens is 636 g/mol. The summed E-state index contributed by atoms with van der Waals surface area (Å²) in [5, 5.41) is 19.2. The number of nitrogens with zero attached hydrogens (tertiary/aromatic N) is 4. The van der Waals surface area contributed by atoms with E-state index in [2.05, 4.69) is 0 Å². The van der Waals surface area contributed by atoms with Gasteiger partial charge in [0, 0.05) is 64.4 Å². The Kier molecular flexibility index (Phi) is 12.0. The number of benzene rings is 1. The molecule has 1 aliphatic rings. The summed E-state index contributed by atoms with van der Waals surface area (Å²) in [6.07, 6.45) is 1.26. The fourth-order valence-corrected chi connectivity index (χ4v) is 7.43. The molecule has 1 saturated heterocycles. The summed E-state index contributed by atoms with van der Waals surface area (Å²) in [6.45, 7) is -2.97. The molecule has 1 aromatic rings. The van der Waals surface area contributed by atoms with E-state index in [1.807, 2.05) is 0 Å². The maximum absolute atomic E-state index is 13.7. The highest BCUT2D eigenvalue weighted by Gasteiger charge is 2.37. The van der Waals surface area contributed by atoms with Crippen molar-refractivity contribution in [3.05, 3.63) is 28.3 Å². The van der Waals surface area contributed by atoms with E-state index in [0.29, 0.717) is 0 Å². The van der Waals surface area contributed by atoms with Crippen LogP contribution in [0.15, 0.2) is 23.1 Å². The number of non-ortho nitro benzene ring substituents is 1. The molecule has 1 aliphatic heterocycles. The number of nitro benzene ring substituents is 1. The van der Waals surface area contributed by atoms with Gasteiger partial charge in [0.25, 0.3) is 36.0 Å². The van der Waals surface area contributed by atoms with E-state index < -0.39 is 81.1 Å². The Hall–Kier alpha value is -2.02. The maximum Gasteiger partial charge on any atom is 0.281 e. The third-order valence-electron chi connectivity index (χ3n) is 5.83. The number of aliphatic hydroxyl groups excluding tert-OH is 1. The Morgan fingerprint density at radius 2 is 1.46 bits per heavy atom. The number of sulfonamides is 1. The van der Waals surface area contributed by atoms with E-state index >= 15 is 0 Å². The standard InChI is InChI=1S/C19H32N4O14S4/c1-38(27,28)36-13-10-20(11-14-37-39(2,29)30)17-4-3-16(23(25)26)15-18(17)40(31,32)22-8-6-21(7-9-22)19(5-12-24)41(33,34)35/h3-4,15,19,24H,5-14H2,1-2H3,(H,33,34,35). The van der Waals surface area contributed by atoms with Crippen molar-refractivity contribution in [1.82, 2.24) is 9.21 Å². The number of nitro groups is 1. The zero-order valence-corrected chi connectivity index (χ0v) is 25.4. The summed E-state index contributed by atoms with van der Waals surface area (Å²) in [7, 11) is -16.9. The Labute approximate surface area is 238 Å². The van der Waals surface area contributed by atoms with E-state index in [0.717, 1.165) is 35.0 Å². The average Bonchev–Trinajstić information content (AvgIpc) is 2.84. The predicted molar refractivity (Wildman–Crippen MR) is 144 cm³/mol. The van der Waals surface area contributed by atoms with E-state index in [-0.39, 0.29) is 51.4 Å². The second-order valence-corrected chi connectivity index (χ2v) is 15.6. The molecule has 22 heteroatoms. The van der Waals surface area contributed by atoms with Gasteiger partial charge in [-0.05, 0) is 6.07 Å². The molecule has 0 radical (unpaired) electrons. The lowest BCUT2D eigenvalue weighted by molar-refractivity contribution is -0.385. The molecular formula is C19H32N4O14S4. The molecule has 18 nitrogen and oxygen atoms in total. The summed E-state index contributed by atoms with van der Waals surface area (Å²) < 4.78 is 117. The van der Waals surface area contributed by atoms with E-state index in [1.54, 1.807) is 0 Å². The minimum Gasteiger partial charge on any atom is -0.396 e. The molecule has 1 unspecified atom stereocenters. The SMILES string of the molecule is CS(=O)(=O)OCCN(CCOS(C)(=O)=O)c1ccc([N+](=O)[O-])cc1S(=O)(=O)N1CCN(C(CCO)S(=O)(=O)O)CC1. The van der Waals surface area contributed by atoms with Gasteiger partial charge in [-0.1, -0.05) is 0 Å². The molecule has 2 N–H and O–H groups in total. The van der Waals surface area contributed by atoms with Crippen molar-refractivity contribution >= 4 is 51.8 Å². The first-order valence-corrected chi connectivity index (χ1v) is 18.4. The highest BCUT2D eigenvalue weighted by Crippen LogP contribution is 2.32. The van der Waals surface area contributed by atoms with Crippen LogP contribution in [0.3, 0.4) is 0 Å². The van der Waals surface area contributed by atoms with Gasteiger partial charge in [0.05, 0.1) is 36.3 Å². The van der Waals surface area contributed by atoms with Crippen LogP contribution in [0, 0.1) is 10.1 Å². The summed E-state index contributed by atoms with van der Waals surface area (Å²) in [5.41, 5.74) is -0.719. The van der Waals surface area contributed by atoms with Crippen molar-refractivity contribution in [2.24, 2.45) is 0 Å². The highest BCUT2D eigenvalue weighted by atomic mass is 32.2. The van der Waals surface area contributed by atoms with Crippen molar-refractivity contribution in [2.75, 3.05) is 76.5 Å². The number of hydrogen-bond acceptors (Lipinski definition) is 15. The van der Waals surface area contributed by atoms with Gasteiger partial charge in [-0.25, -0.2) is 8.42 Å². The summed E-state index contributed by atoms with van der Waals surface area (Å²) in [6, 6.07) is 2.92. The van der Waals surface area contributed by atoms with Crippen molar-refractivity contribution < 1.29 is 56.6 Å². The lowest BCUT2D eigenvalue weighted by atomic mass is 10.2. The van der Waals surface area contributed by atoms with Gasteiger partial charge >= 0.3 is 0 Å². The third kappa shape index (κ3) is 10.6. The molecule has 1 atom stereocenters. The minimum atomic E-state index is -4.60. The fourth-order valence-electron chi connectivity index (χ4n) is 4.04. The molecule has 1 aromatic carbocycles. The highest BCUT2D eigenvalue weighted by molar-refractivity contribution is 7.89. The first-order valence-electron chi connectivity index (χ1n) is 11.8. The molecule has 0 amide bonds. The van der Waals surface area contributed by atoms with E-state index in [1.165, 1.54) is 9.80 Å². The number of hydrogen-bond donors (Lipinski definition) is 2. The van der Waals surface area contributed by atoms with Crippen LogP contribution in [0.4, 0.5) is 11.4 Å². The van der Waals surface area contributed by atoms with Crippen LogP contribution in [-0.2, 0) is 48.7 Å². The molecule has 0 aliphatic carbocycles. The van der Waals surface area contributed by atoms with Crippen LogP contribution in [0.5, 0.6) is 0 Å². The summed E-state index contributed by atoms with van der Waals surface area (Å²) >= 11 is 0. The van der Waals surface area contributed by atoms with Crippen molar-refractivity contribution in [1.29, 1.82) is 0 Å². The van der Waals surface area contributed by atoms with Gasteiger partial charge in [-0.2, -0.15) is 29.6 Å². The average molecular weight is 669 g/mol. The number of rotatable bonds is 16. The van der Waals surface area contributed by atoms with Crippen molar-refractivity contribution in [2.45, 2.75) is 16.7 Å². The van der Waals surface area contributed by atoms with Gasteiger partial charge < -0.3 is 10.0 Å². The second-order valence-electron chi connectivity index (χ2n) is 8.87. The first-order chi connectivity index (χ1) is 18.8. The second kappa shape index (κ2) is 14.0. The largest absolute Gasteiger partial charge is 0.396 e. The van der Waals surface area contributed by atoms with Crippen molar-refractivity contribution in [3.63, 3.8) is 0 Å². The minimum absolute atomic E-state index is 0.136. The fraction of sp³-hybridized carbons (Fsp3) is 0.684. The molecule has 0 aromatic heterocycles. The Morgan fingerprint density at radius 1 is 0.951 bits per heavy atom. The zero-order valence-electron chi connectivity index (χ0n) is 22.1. The van der Waals surface area contributed by atoms with Crippen LogP contribution in [-0.4, -0.2) is 134 Å². The summed E-state index contributed by atoms with van der Waals surface area (Å²) in [4.78, 5) is 12.6. The van der Waals surface area contributed by atoms with Gasteiger partial charge in [-0.15, -0.1) is 0 Å². The normalized spacial score (nSPS) is 16.9. The molecule has 2 rings (SSSR count). The first kappa shape index (κ1) is 35.2. The Bertz CT molecular complexity index is 1470. The Balaban J connectivity index is 2.46. The lowest BCUT2D eigenvalue weighted by Gasteiger charge is -2.37. The molecule has 0 saturated carbocycles. The molecule has 0 spiro atoms. The molecule has 41 heavy (non-hydrogen) atoms. The molecule has 1 heterocycles. The van der Waals surface area contributed by atoms with Crippen LogP contribution in [0.2, 0.25) is 0 Å². The summed E-state index contributed by atoms with van der Waals surface area (Å²) in [5.74, 6) is 0. The van der Waals surface area contributed by atoms with E-state index in [4.69, 9.17) is 8.37 Å². The maximum atomic E-state index is 13.7. The molecule has 236 valence electrons. The number of aliphatic hydroxyl groups is 1. The van der Waals surface area contributed by atoms with Crippen LogP contribution in [0.25, 0.3) is 0 Å². The number of anilines is 1. The smallest absolute Gasteiger partial charge is 0.281 e. The predicted octanol–water partition coefficient (Wildman–Crippen LogP) is -1.74. The van der Waals surface area contributed by atoms with Gasteiger partial charge in [0.15, 0.2) is 0 Å². The Morgan fingerprint density at radius 3 is 1.88 bits per heavy atom. The van der Waals surface area contributed by atoms with Crippen LogP contribution >= 0.6 is 0 Å². The van der Waals surface area contributed by atoms with Gasteiger partial charge in [-0.3, -0.25) is 27.9 Å². The molecule has 1 fully saturated rings. The van der Waals surface area contributed by atoms with Gasteiger partial charge in [0.1, 0.15) is 10.3 Å². The van der Waals surface area contributed by atoms with Gasteiger partial charge in [0.2, 0.25) is 10.0 Å². The molecule has 0 bridgehead atoms. The quantitative estimate of drug-likeness (QED) is 0.0858. The zero-order chi connectivity index (χ0) is 31.2. The topological polar surface area (TPSA) is 248 Å². The van der Waals surface area contributed by atoms with Crippen molar-refractivity contribution in [3.8, 4) is 0 Å². The van der Waals surface area contributed by atoms with E-state index in [9.17, 15) is 53.4 Å². The lowest BCUT2D eigenvalue weighted by Crippen LogP contribution is -2.54. The van der Waals surface area contributed by atoms with Crippen LogP contribution in [0.1, 0.15) is 6.42 Å².